The third-order valence-electron chi connectivity index (χ3n) is 4.28. The van der Waals surface area contributed by atoms with Crippen LogP contribution in [-0.2, 0) is 19.7 Å². The number of carbonyl (C=O) groups is 1. The zero-order valence-electron chi connectivity index (χ0n) is 14.6. The molecule has 2 aromatic carbocycles. The van der Waals surface area contributed by atoms with Crippen LogP contribution in [0.4, 0.5) is 0 Å². The fourth-order valence-electron chi connectivity index (χ4n) is 3.14. The number of nitrogens with zero attached hydrogens (tertiary/aromatic N) is 1. The average Bonchev–Trinajstić information content (AvgIpc) is 2.67. The maximum Gasteiger partial charge on any atom is 0.320 e. The fourth-order valence-corrected chi connectivity index (χ4v) is 3.14. The Labute approximate surface area is 149 Å². The zero-order chi connectivity index (χ0) is 18.1. The summed E-state index contributed by atoms with van der Waals surface area (Å²) in [7, 11) is 1.41. The normalized spacial score (nSPS) is 12.2. The molecule has 0 saturated carbocycles. The van der Waals surface area contributed by atoms with E-state index in [0.29, 0.717) is 19.4 Å². The van der Waals surface area contributed by atoms with Crippen LogP contribution in [0.25, 0.3) is 0 Å². The van der Waals surface area contributed by atoms with Crippen molar-refractivity contribution < 1.29 is 14.3 Å². The molecule has 0 aromatic heterocycles. The molecule has 0 saturated heterocycles. The molecule has 2 rings (SSSR count). The maximum absolute atomic E-state index is 13.0. The van der Waals surface area contributed by atoms with Gasteiger partial charge in [0.15, 0.2) is 0 Å². The molecule has 0 aliphatic carbocycles. The van der Waals surface area contributed by atoms with Crippen LogP contribution in [0.1, 0.15) is 30.9 Å². The predicted molar refractivity (Wildman–Crippen MR) is 95.9 cm³/mol. The highest BCUT2D eigenvalue weighted by Gasteiger charge is 2.44. The highest BCUT2D eigenvalue weighted by atomic mass is 16.5. The lowest BCUT2D eigenvalue weighted by Crippen LogP contribution is -2.41. The van der Waals surface area contributed by atoms with Crippen molar-refractivity contribution in [3.05, 3.63) is 71.8 Å². The van der Waals surface area contributed by atoms with Gasteiger partial charge in [0.25, 0.3) is 0 Å². The second kappa shape index (κ2) is 9.00. The van der Waals surface area contributed by atoms with E-state index in [-0.39, 0.29) is 12.1 Å². The molecular weight excluding hydrogens is 314 g/mol. The number of ether oxygens (including phenoxy) is 2. The van der Waals surface area contributed by atoms with E-state index in [1.807, 2.05) is 67.6 Å². The first-order valence-electron chi connectivity index (χ1n) is 8.33. The van der Waals surface area contributed by atoms with Crippen molar-refractivity contribution in [2.75, 3.05) is 13.7 Å². The maximum atomic E-state index is 13.0. The van der Waals surface area contributed by atoms with Gasteiger partial charge in [-0.05, 0) is 24.5 Å². The number of hydrogen-bond acceptors (Lipinski definition) is 4. The van der Waals surface area contributed by atoms with E-state index in [1.54, 1.807) is 0 Å². The Morgan fingerprint density at radius 1 is 1.08 bits per heavy atom. The van der Waals surface area contributed by atoms with Crippen LogP contribution >= 0.6 is 0 Å². The molecule has 1 atom stereocenters. The summed E-state index contributed by atoms with van der Waals surface area (Å²) in [4.78, 5) is 13.0. The Morgan fingerprint density at radius 2 is 1.60 bits per heavy atom. The molecule has 0 aliphatic rings. The summed E-state index contributed by atoms with van der Waals surface area (Å²) < 4.78 is 10.9. The minimum atomic E-state index is -0.955. The number of benzene rings is 2. The Balaban J connectivity index is 2.49. The SMILES string of the molecule is COC(=O)C(CC(C)OCCC#N)(c1ccccc1)c1ccccc1. The van der Waals surface area contributed by atoms with Crippen molar-refractivity contribution in [3.63, 3.8) is 0 Å². The van der Waals surface area contributed by atoms with Gasteiger partial charge in [-0.1, -0.05) is 60.7 Å². The van der Waals surface area contributed by atoms with Crippen LogP contribution in [0, 0.1) is 11.3 Å². The molecule has 0 bridgehead atoms. The summed E-state index contributed by atoms with van der Waals surface area (Å²) in [5, 5.41) is 8.69. The largest absolute Gasteiger partial charge is 0.468 e. The molecule has 1 unspecified atom stereocenters. The van der Waals surface area contributed by atoms with Crippen molar-refractivity contribution in [1.29, 1.82) is 5.26 Å². The van der Waals surface area contributed by atoms with Gasteiger partial charge >= 0.3 is 5.97 Å². The molecule has 130 valence electrons. The van der Waals surface area contributed by atoms with Crippen LogP contribution in [0.5, 0.6) is 0 Å². The molecule has 2 aromatic rings. The Hall–Kier alpha value is -2.64. The van der Waals surface area contributed by atoms with Gasteiger partial charge in [-0.3, -0.25) is 4.79 Å². The van der Waals surface area contributed by atoms with E-state index in [1.165, 1.54) is 7.11 Å². The summed E-state index contributed by atoms with van der Waals surface area (Å²) in [5.74, 6) is -0.319. The first kappa shape index (κ1) is 18.7. The number of carbonyl (C=O) groups excluding carboxylic acids is 1. The second-order valence-corrected chi connectivity index (χ2v) is 5.92. The summed E-state index contributed by atoms with van der Waals surface area (Å²) in [6.45, 7) is 2.26. The first-order valence-corrected chi connectivity index (χ1v) is 8.33. The van der Waals surface area contributed by atoms with E-state index in [4.69, 9.17) is 14.7 Å². The number of rotatable bonds is 8. The molecule has 4 nitrogen and oxygen atoms in total. The molecule has 0 aliphatic heterocycles. The third kappa shape index (κ3) is 4.26. The topological polar surface area (TPSA) is 59.3 Å². The van der Waals surface area contributed by atoms with Gasteiger partial charge < -0.3 is 9.47 Å². The van der Waals surface area contributed by atoms with E-state index in [9.17, 15) is 4.79 Å². The predicted octanol–water partition coefficient (Wildman–Crippen LogP) is 3.85. The number of methoxy groups -OCH3 is 1. The summed E-state index contributed by atoms with van der Waals surface area (Å²) in [6.07, 6.45) is 0.540. The van der Waals surface area contributed by atoms with Gasteiger partial charge in [-0.2, -0.15) is 5.26 Å². The van der Waals surface area contributed by atoms with E-state index in [2.05, 4.69) is 6.07 Å². The van der Waals surface area contributed by atoms with Gasteiger partial charge in [0.05, 0.1) is 32.3 Å². The monoisotopic (exact) mass is 337 g/mol. The smallest absolute Gasteiger partial charge is 0.320 e. The van der Waals surface area contributed by atoms with Gasteiger partial charge in [-0.25, -0.2) is 0 Å². The van der Waals surface area contributed by atoms with Gasteiger partial charge in [0.1, 0.15) is 5.41 Å². The first-order chi connectivity index (χ1) is 12.1. The molecule has 0 N–H and O–H groups in total. The molecular formula is C21H23NO3. The van der Waals surface area contributed by atoms with Crippen LogP contribution in [-0.4, -0.2) is 25.8 Å². The lowest BCUT2D eigenvalue weighted by atomic mass is 9.71. The Morgan fingerprint density at radius 3 is 2.04 bits per heavy atom. The van der Waals surface area contributed by atoms with Crippen LogP contribution in [0.3, 0.4) is 0 Å². The molecule has 0 fully saturated rings. The minimum absolute atomic E-state index is 0.215. The van der Waals surface area contributed by atoms with E-state index in [0.717, 1.165) is 11.1 Å². The average molecular weight is 337 g/mol. The molecule has 0 amide bonds. The van der Waals surface area contributed by atoms with Gasteiger partial charge in [-0.15, -0.1) is 0 Å². The van der Waals surface area contributed by atoms with Gasteiger partial charge in [0, 0.05) is 0 Å². The molecule has 0 spiro atoms. The van der Waals surface area contributed by atoms with Crippen molar-refractivity contribution in [1.82, 2.24) is 0 Å². The minimum Gasteiger partial charge on any atom is -0.468 e. The highest BCUT2D eigenvalue weighted by molar-refractivity contribution is 5.87. The van der Waals surface area contributed by atoms with Crippen LogP contribution in [0.2, 0.25) is 0 Å². The molecule has 25 heavy (non-hydrogen) atoms. The summed E-state index contributed by atoms with van der Waals surface area (Å²) >= 11 is 0. The molecule has 0 heterocycles. The lowest BCUT2D eigenvalue weighted by molar-refractivity contribution is -0.147. The number of hydrogen-bond donors (Lipinski definition) is 0. The number of esters is 1. The van der Waals surface area contributed by atoms with Crippen molar-refractivity contribution in [2.45, 2.75) is 31.3 Å². The highest BCUT2D eigenvalue weighted by Crippen LogP contribution is 2.38. The van der Waals surface area contributed by atoms with Gasteiger partial charge in [0.2, 0.25) is 0 Å². The second-order valence-electron chi connectivity index (χ2n) is 5.92. The lowest BCUT2D eigenvalue weighted by Gasteiger charge is -2.34. The van der Waals surface area contributed by atoms with Crippen LogP contribution < -0.4 is 0 Å². The van der Waals surface area contributed by atoms with Crippen molar-refractivity contribution >= 4 is 5.97 Å². The summed E-state index contributed by atoms with van der Waals surface area (Å²) in [5.41, 5.74) is 0.774. The Kier molecular flexibility index (Phi) is 6.73. The van der Waals surface area contributed by atoms with Crippen molar-refractivity contribution in [2.24, 2.45) is 0 Å². The van der Waals surface area contributed by atoms with Crippen LogP contribution in [0.15, 0.2) is 60.7 Å². The standard InChI is InChI=1S/C21H23NO3/c1-17(25-15-9-14-22)16-21(20(23)24-2,18-10-5-3-6-11-18)19-12-7-4-8-13-19/h3-8,10-13,17H,9,15-16H2,1-2H3. The fraction of sp³-hybridized carbons (Fsp3) is 0.333. The van der Waals surface area contributed by atoms with Crippen molar-refractivity contribution in [3.8, 4) is 6.07 Å². The quantitative estimate of drug-likeness (QED) is 0.542. The molecule has 0 radical (unpaired) electrons. The summed E-state index contributed by atoms with van der Waals surface area (Å²) in [6, 6.07) is 21.3. The zero-order valence-corrected chi connectivity index (χ0v) is 14.6. The van der Waals surface area contributed by atoms with E-state index >= 15 is 0 Å². The Bertz CT molecular complexity index is 667. The third-order valence-corrected chi connectivity index (χ3v) is 4.28. The molecule has 4 heteroatoms. The van der Waals surface area contributed by atoms with E-state index < -0.39 is 5.41 Å². The number of nitriles is 1.